The summed E-state index contributed by atoms with van der Waals surface area (Å²) in [7, 11) is 0. The summed E-state index contributed by atoms with van der Waals surface area (Å²) < 4.78 is 5.28. The fourth-order valence-corrected chi connectivity index (χ4v) is 1.83. The second kappa shape index (κ2) is 5.32. The molecule has 82 valence electrons. The number of primary amides is 1. The van der Waals surface area contributed by atoms with Crippen LogP contribution in [-0.4, -0.2) is 43.2 Å². The Balaban J connectivity index is 2.37. The molecule has 0 spiro atoms. The first kappa shape index (κ1) is 11.5. The first-order chi connectivity index (χ1) is 6.61. The molecule has 0 bridgehead atoms. The van der Waals surface area contributed by atoms with E-state index in [0.29, 0.717) is 18.4 Å². The summed E-state index contributed by atoms with van der Waals surface area (Å²) in [5, 5.41) is 0. The van der Waals surface area contributed by atoms with Gasteiger partial charge in [0.15, 0.2) is 0 Å². The highest BCUT2D eigenvalue weighted by atomic mass is 16.5. The number of rotatable bonds is 4. The zero-order valence-electron chi connectivity index (χ0n) is 9.03. The van der Waals surface area contributed by atoms with Gasteiger partial charge in [-0.05, 0) is 12.8 Å². The molecule has 0 aromatic carbocycles. The van der Waals surface area contributed by atoms with Crippen molar-refractivity contribution in [3.8, 4) is 0 Å². The first-order valence-corrected chi connectivity index (χ1v) is 5.21. The molecule has 2 atom stereocenters. The Morgan fingerprint density at radius 2 is 2.00 bits per heavy atom. The van der Waals surface area contributed by atoms with E-state index in [0.717, 1.165) is 26.3 Å². The quantitative estimate of drug-likeness (QED) is 0.706. The smallest absolute Gasteiger partial charge is 0.217 e. The van der Waals surface area contributed by atoms with Gasteiger partial charge in [0.1, 0.15) is 0 Å². The lowest BCUT2D eigenvalue weighted by Gasteiger charge is -2.35. The van der Waals surface area contributed by atoms with Crippen LogP contribution in [0.25, 0.3) is 0 Å². The van der Waals surface area contributed by atoms with Crippen LogP contribution in [0.1, 0.15) is 20.3 Å². The second-order valence-corrected chi connectivity index (χ2v) is 4.04. The predicted octanol–water partition coefficient (Wildman–Crippen LogP) is 0.219. The van der Waals surface area contributed by atoms with E-state index in [-0.39, 0.29) is 5.91 Å². The van der Waals surface area contributed by atoms with Crippen LogP contribution in [0.5, 0.6) is 0 Å². The number of amides is 1. The summed E-state index contributed by atoms with van der Waals surface area (Å²) in [6.07, 6.45) is 0.471. The van der Waals surface area contributed by atoms with Crippen LogP contribution in [-0.2, 0) is 9.53 Å². The highest BCUT2D eigenvalue weighted by Gasteiger charge is 2.22. The van der Waals surface area contributed by atoms with Crippen LogP contribution >= 0.6 is 0 Å². The first-order valence-electron chi connectivity index (χ1n) is 5.21. The zero-order valence-corrected chi connectivity index (χ0v) is 9.03. The lowest BCUT2D eigenvalue weighted by Crippen LogP contribution is -2.45. The highest BCUT2D eigenvalue weighted by molar-refractivity contribution is 5.74. The molecule has 0 aromatic heterocycles. The predicted molar refractivity (Wildman–Crippen MR) is 54.8 cm³/mol. The Kier molecular flexibility index (Phi) is 4.35. The maximum absolute atomic E-state index is 10.8. The summed E-state index contributed by atoms with van der Waals surface area (Å²) in [5.74, 6) is 0.114. The molecule has 1 aliphatic heterocycles. The Bertz CT molecular complexity index is 191. The van der Waals surface area contributed by atoms with Crippen LogP contribution in [0.2, 0.25) is 0 Å². The number of morpholine rings is 1. The second-order valence-electron chi connectivity index (χ2n) is 4.04. The van der Waals surface area contributed by atoms with Gasteiger partial charge in [0, 0.05) is 25.6 Å². The molecular formula is C10H20N2O2. The van der Waals surface area contributed by atoms with Crippen molar-refractivity contribution in [1.29, 1.82) is 0 Å². The van der Waals surface area contributed by atoms with Gasteiger partial charge >= 0.3 is 0 Å². The minimum absolute atomic E-state index is 0.211. The summed E-state index contributed by atoms with van der Waals surface area (Å²) in [6.45, 7) is 7.75. The van der Waals surface area contributed by atoms with Crippen LogP contribution in [0.15, 0.2) is 0 Å². The summed E-state index contributed by atoms with van der Waals surface area (Å²) in [5.41, 5.74) is 5.18. The average Bonchev–Trinajstić information content (AvgIpc) is 2.17. The lowest BCUT2D eigenvalue weighted by molar-refractivity contribution is -0.119. The van der Waals surface area contributed by atoms with Crippen LogP contribution in [0.3, 0.4) is 0 Å². The van der Waals surface area contributed by atoms with Crippen LogP contribution in [0, 0.1) is 5.92 Å². The number of hydrogen-bond acceptors (Lipinski definition) is 3. The molecule has 2 N–H and O–H groups in total. The van der Waals surface area contributed by atoms with Crippen molar-refractivity contribution in [2.75, 3.05) is 26.3 Å². The number of hydrogen-bond donors (Lipinski definition) is 1. The molecule has 0 radical (unpaired) electrons. The van der Waals surface area contributed by atoms with Crippen molar-refractivity contribution in [3.05, 3.63) is 0 Å². The third-order valence-corrected chi connectivity index (χ3v) is 2.97. The van der Waals surface area contributed by atoms with Crippen molar-refractivity contribution in [1.82, 2.24) is 4.90 Å². The van der Waals surface area contributed by atoms with Crippen molar-refractivity contribution < 1.29 is 9.53 Å². The van der Waals surface area contributed by atoms with Gasteiger partial charge in [0.2, 0.25) is 5.91 Å². The largest absolute Gasteiger partial charge is 0.379 e. The fourth-order valence-electron chi connectivity index (χ4n) is 1.83. The van der Waals surface area contributed by atoms with Gasteiger partial charge < -0.3 is 10.5 Å². The molecule has 0 saturated carbocycles. The topological polar surface area (TPSA) is 55.6 Å². The molecule has 1 fully saturated rings. The Hall–Kier alpha value is -0.610. The molecule has 0 aromatic rings. The molecule has 1 rings (SSSR count). The van der Waals surface area contributed by atoms with E-state index in [2.05, 4.69) is 18.7 Å². The van der Waals surface area contributed by atoms with Gasteiger partial charge in [-0.25, -0.2) is 0 Å². The van der Waals surface area contributed by atoms with Crippen molar-refractivity contribution in [2.45, 2.75) is 26.3 Å². The third-order valence-electron chi connectivity index (χ3n) is 2.97. The molecule has 4 nitrogen and oxygen atoms in total. The number of carbonyl (C=O) groups excluding carboxylic acids is 1. The molecule has 2 unspecified atom stereocenters. The monoisotopic (exact) mass is 200 g/mol. The standard InChI is InChI=1S/C10H20N2O2/c1-8(7-10(11)13)9(2)12-3-5-14-6-4-12/h8-9H,3-7H2,1-2H3,(H2,11,13). The molecule has 1 amide bonds. The average molecular weight is 200 g/mol. The van der Waals surface area contributed by atoms with E-state index >= 15 is 0 Å². The minimum Gasteiger partial charge on any atom is -0.379 e. The zero-order chi connectivity index (χ0) is 10.6. The third kappa shape index (κ3) is 3.27. The number of carbonyl (C=O) groups is 1. The molecule has 1 aliphatic rings. The lowest BCUT2D eigenvalue weighted by atomic mass is 9.98. The van der Waals surface area contributed by atoms with Gasteiger partial charge in [-0.2, -0.15) is 0 Å². The Morgan fingerprint density at radius 1 is 1.43 bits per heavy atom. The van der Waals surface area contributed by atoms with E-state index in [1.807, 2.05) is 0 Å². The number of ether oxygens (including phenoxy) is 1. The number of nitrogens with two attached hydrogens (primary N) is 1. The molecular weight excluding hydrogens is 180 g/mol. The van der Waals surface area contributed by atoms with Gasteiger partial charge in [0.25, 0.3) is 0 Å². The highest BCUT2D eigenvalue weighted by Crippen LogP contribution is 2.15. The van der Waals surface area contributed by atoms with E-state index in [1.165, 1.54) is 0 Å². The Labute approximate surface area is 85.4 Å². The summed E-state index contributed by atoms with van der Waals surface area (Å²) in [6, 6.07) is 0.409. The van der Waals surface area contributed by atoms with Gasteiger partial charge in [-0.3, -0.25) is 9.69 Å². The molecule has 14 heavy (non-hydrogen) atoms. The minimum atomic E-state index is -0.211. The van der Waals surface area contributed by atoms with Crippen molar-refractivity contribution in [3.63, 3.8) is 0 Å². The van der Waals surface area contributed by atoms with Gasteiger partial charge in [-0.15, -0.1) is 0 Å². The summed E-state index contributed by atoms with van der Waals surface area (Å²) in [4.78, 5) is 13.1. The van der Waals surface area contributed by atoms with Gasteiger partial charge in [-0.1, -0.05) is 6.92 Å². The molecule has 0 aliphatic carbocycles. The van der Waals surface area contributed by atoms with Gasteiger partial charge in [0.05, 0.1) is 13.2 Å². The van der Waals surface area contributed by atoms with Crippen LogP contribution in [0.4, 0.5) is 0 Å². The summed E-state index contributed by atoms with van der Waals surface area (Å²) >= 11 is 0. The van der Waals surface area contributed by atoms with E-state index in [4.69, 9.17) is 10.5 Å². The van der Waals surface area contributed by atoms with E-state index in [1.54, 1.807) is 0 Å². The van der Waals surface area contributed by atoms with Crippen molar-refractivity contribution >= 4 is 5.91 Å². The maximum atomic E-state index is 10.8. The Morgan fingerprint density at radius 3 is 2.50 bits per heavy atom. The molecule has 1 heterocycles. The maximum Gasteiger partial charge on any atom is 0.217 e. The number of nitrogens with zero attached hydrogens (tertiary/aromatic N) is 1. The van der Waals surface area contributed by atoms with E-state index < -0.39 is 0 Å². The van der Waals surface area contributed by atoms with E-state index in [9.17, 15) is 4.79 Å². The normalized spacial score (nSPS) is 23.0. The molecule has 1 saturated heterocycles. The fraction of sp³-hybridized carbons (Fsp3) is 0.900. The SMILES string of the molecule is CC(CC(N)=O)C(C)N1CCOCC1. The molecule has 4 heteroatoms. The van der Waals surface area contributed by atoms with Crippen molar-refractivity contribution in [2.24, 2.45) is 11.7 Å². The van der Waals surface area contributed by atoms with Crippen LogP contribution < -0.4 is 5.73 Å².